The van der Waals surface area contributed by atoms with Crippen LogP contribution in [0.4, 0.5) is 0 Å². The van der Waals surface area contributed by atoms with Gasteiger partial charge in [0.1, 0.15) is 0 Å². The molecule has 0 fully saturated rings. The molecule has 7 nitrogen and oxygen atoms in total. The van der Waals surface area contributed by atoms with Crippen molar-refractivity contribution in [1.29, 1.82) is 0 Å². The third-order valence-corrected chi connectivity index (χ3v) is 5.12. The molecule has 4 N–H and O–H groups in total. The number of amides is 1. The average molecular weight is 436 g/mol. The van der Waals surface area contributed by atoms with Gasteiger partial charge in [0.2, 0.25) is 5.91 Å². The van der Waals surface area contributed by atoms with Crippen LogP contribution in [0.1, 0.15) is 96.8 Å². The van der Waals surface area contributed by atoms with Crippen LogP contribution in [0, 0.1) is 0 Å². The van der Waals surface area contributed by atoms with E-state index >= 15 is 0 Å². The molecule has 0 aliphatic carbocycles. The molecule has 0 heterocycles. The Hall–Kier alpha value is -0.720. The molecule has 0 aromatic rings. The normalized spacial score (nSPS) is 13.1. The van der Waals surface area contributed by atoms with Crippen molar-refractivity contribution < 1.29 is 28.8 Å². The maximum atomic E-state index is 11.7. The highest BCUT2D eigenvalue weighted by atomic mass is 31.2. The molecule has 0 aromatic heterocycles. The first kappa shape index (κ1) is 28.3. The van der Waals surface area contributed by atoms with Crippen LogP contribution < -0.4 is 5.32 Å². The molecule has 0 radical (unpaired) electrons. The van der Waals surface area contributed by atoms with Crippen LogP contribution in [0.5, 0.6) is 0 Å². The Labute approximate surface area is 176 Å². The zero-order valence-electron chi connectivity index (χ0n) is 18.1. The lowest BCUT2D eigenvalue weighted by Gasteiger charge is -2.12. The van der Waals surface area contributed by atoms with Gasteiger partial charge in [0.05, 0.1) is 12.7 Å². The molecule has 0 aliphatic heterocycles. The van der Waals surface area contributed by atoms with E-state index in [0.717, 1.165) is 19.3 Å². The summed E-state index contributed by atoms with van der Waals surface area (Å²) >= 11 is 0. The Morgan fingerprint density at radius 3 is 2.00 bits per heavy atom. The molecule has 0 bridgehead atoms. The average Bonchev–Trinajstić information content (AvgIpc) is 2.67. The molecule has 29 heavy (non-hydrogen) atoms. The fraction of sp³-hybridized carbons (Fsp3) is 0.857. The highest BCUT2D eigenvalue weighted by Gasteiger charge is 2.17. The summed E-state index contributed by atoms with van der Waals surface area (Å²) in [6.07, 6.45) is 19.5. The Bertz CT molecular complexity index is 466. The van der Waals surface area contributed by atoms with Gasteiger partial charge in [-0.05, 0) is 32.1 Å². The van der Waals surface area contributed by atoms with E-state index in [4.69, 9.17) is 9.79 Å². The Balaban J connectivity index is 3.36. The Kier molecular flexibility index (Phi) is 18.8. The predicted molar refractivity (Wildman–Crippen MR) is 116 cm³/mol. The van der Waals surface area contributed by atoms with Crippen molar-refractivity contribution in [2.24, 2.45) is 0 Å². The van der Waals surface area contributed by atoms with Gasteiger partial charge < -0.3 is 20.2 Å². The third-order valence-electron chi connectivity index (χ3n) is 4.64. The number of unbranched alkanes of at least 4 members (excludes halogenated alkanes) is 11. The molecule has 1 unspecified atom stereocenters. The maximum Gasteiger partial charge on any atom is 0.469 e. The van der Waals surface area contributed by atoms with Gasteiger partial charge >= 0.3 is 7.82 Å². The number of phosphoric ester groups is 1. The monoisotopic (exact) mass is 435 g/mol. The maximum absolute atomic E-state index is 11.7. The quantitative estimate of drug-likeness (QED) is 0.126. The van der Waals surface area contributed by atoms with Crippen molar-refractivity contribution in [3.63, 3.8) is 0 Å². The zero-order valence-corrected chi connectivity index (χ0v) is 19.0. The second kappa shape index (κ2) is 19.3. The zero-order chi connectivity index (χ0) is 21.8. The summed E-state index contributed by atoms with van der Waals surface area (Å²) in [4.78, 5) is 28.7. The lowest BCUT2D eigenvalue weighted by Crippen LogP contribution is -2.34. The second-order valence-electron chi connectivity index (χ2n) is 7.58. The summed E-state index contributed by atoms with van der Waals surface area (Å²) in [5.41, 5.74) is 0. The molecule has 1 atom stereocenters. The van der Waals surface area contributed by atoms with Crippen LogP contribution in [0.3, 0.4) is 0 Å². The first-order chi connectivity index (χ1) is 13.8. The van der Waals surface area contributed by atoms with Gasteiger partial charge in [0, 0.05) is 13.0 Å². The second-order valence-corrected chi connectivity index (χ2v) is 8.82. The topological polar surface area (TPSA) is 116 Å². The van der Waals surface area contributed by atoms with E-state index < -0.39 is 20.5 Å². The van der Waals surface area contributed by atoms with E-state index in [1.54, 1.807) is 0 Å². The first-order valence-electron chi connectivity index (χ1n) is 11.1. The predicted octanol–water partition coefficient (Wildman–Crippen LogP) is 4.61. The lowest BCUT2D eigenvalue weighted by atomic mass is 10.1. The fourth-order valence-corrected chi connectivity index (χ4v) is 3.28. The van der Waals surface area contributed by atoms with Crippen LogP contribution in [-0.4, -0.2) is 40.1 Å². The minimum atomic E-state index is -4.59. The summed E-state index contributed by atoms with van der Waals surface area (Å²) in [7, 11) is -4.59. The van der Waals surface area contributed by atoms with Crippen LogP contribution in [0.25, 0.3) is 0 Å². The molecular formula is C21H42NO6P. The van der Waals surface area contributed by atoms with Crippen molar-refractivity contribution in [2.75, 3.05) is 13.2 Å². The standard InChI is InChI=1S/C21H42NO6P/c1-2-3-4-5-6-7-8-9-10-11-12-13-14-15-16-17-21(24)22-18-20(23)19-28-29(25,26)27/h7-8,20,23H,2-6,9-19H2,1H3,(H,22,24)(H2,25,26,27)/b8-7-. The van der Waals surface area contributed by atoms with E-state index in [2.05, 4.69) is 28.9 Å². The van der Waals surface area contributed by atoms with Gasteiger partial charge in [0.25, 0.3) is 0 Å². The smallest absolute Gasteiger partial charge is 0.389 e. The molecule has 172 valence electrons. The van der Waals surface area contributed by atoms with Crippen LogP contribution >= 0.6 is 7.82 Å². The molecule has 0 saturated carbocycles. The number of hydrogen-bond donors (Lipinski definition) is 4. The first-order valence-corrected chi connectivity index (χ1v) is 12.7. The molecule has 0 aromatic carbocycles. The van der Waals surface area contributed by atoms with Crippen molar-refractivity contribution in [3.05, 3.63) is 12.2 Å². The summed E-state index contributed by atoms with van der Waals surface area (Å²) in [6, 6.07) is 0. The summed E-state index contributed by atoms with van der Waals surface area (Å²) in [5, 5.41) is 12.0. The number of phosphoric acid groups is 1. The van der Waals surface area contributed by atoms with Gasteiger partial charge in [-0.2, -0.15) is 0 Å². The van der Waals surface area contributed by atoms with Gasteiger partial charge in [0.15, 0.2) is 0 Å². The van der Waals surface area contributed by atoms with Gasteiger partial charge in [-0.3, -0.25) is 9.32 Å². The number of carbonyl (C=O) groups excluding carboxylic acids is 1. The van der Waals surface area contributed by atoms with Crippen LogP contribution in [-0.2, 0) is 13.9 Å². The molecule has 0 spiro atoms. The number of rotatable bonds is 20. The number of hydrogen-bond acceptors (Lipinski definition) is 4. The molecule has 0 aliphatic rings. The number of allylic oxidation sites excluding steroid dienone is 2. The van der Waals surface area contributed by atoms with Gasteiger partial charge in [-0.15, -0.1) is 0 Å². The highest BCUT2D eigenvalue weighted by molar-refractivity contribution is 7.46. The minimum absolute atomic E-state index is 0.0774. The molecular weight excluding hydrogens is 393 g/mol. The number of aliphatic hydroxyl groups is 1. The van der Waals surface area contributed by atoms with Crippen LogP contribution in [0.2, 0.25) is 0 Å². The molecule has 0 rings (SSSR count). The fourth-order valence-electron chi connectivity index (χ4n) is 2.92. The van der Waals surface area contributed by atoms with E-state index in [1.807, 2.05) is 0 Å². The van der Waals surface area contributed by atoms with Crippen molar-refractivity contribution in [1.82, 2.24) is 5.32 Å². The lowest BCUT2D eigenvalue weighted by molar-refractivity contribution is -0.121. The summed E-state index contributed by atoms with van der Waals surface area (Å²) < 4.78 is 14.7. The SMILES string of the molecule is CCCCCC/C=C\CCCCCCCCCC(=O)NCC(O)COP(=O)(O)O. The van der Waals surface area contributed by atoms with E-state index in [0.29, 0.717) is 6.42 Å². The van der Waals surface area contributed by atoms with Gasteiger partial charge in [-0.1, -0.05) is 70.4 Å². The number of aliphatic hydroxyl groups excluding tert-OH is 1. The summed E-state index contributed by atoms with van der Waals surface area (Å²) in [5.74, 6) is -0.165. The van der Waals surface area contributed by atoms with Crippen molar-refractivity contribution in [2.45, 2.75) is 103 Å². The minimum Gasteiger partial charge on any atom is -0.389 e. The Morgan fingerprint density at radius 2 is 1.45 bits per heavy atom. The molecule has 0 saturated heterocycles. The highest BCUT2D eigenvalue weighted by Crippen LogP contribution is 2.35. The van der Waals surface area contributed by atoms with E-state index in [-0.39, 0.29) is 12.5 Å². The molecule has 1 amide bonds. The number of carbonyl (C=O) groups is 1. The van der Waals surface area contributed by atoms with Crippen LogP contribution in [0.15, 0.2) is 12.2 Å². The Morgan fingerprint density at radius 1 is 0.931 bits per heavy atom. The van der Waals surface area contributed by atoms with E-state index in [9.17, 15) is 14.5 Å². The number of nitrogens with one attached hydrogen (secondary N) is 1. The van der Waals surface area contributed by atoms with Crippen molar-refractivity contribution >= 4 is 13.7 Å². The van der Waals surface area contributed by atoms with Gasteiger partial charge in [-0.25, -0.2) is 4.57 Å². The summed E-state index contributed by atoms with van der Waals surface area (Å²) in [6.45, 7) is 1.64. The largest absolute Gasteiger partial charge is 0.469 e. The molecule has 8 heteroatoms. The third kappa shape index (κ3) is 23.4. The van der Waals surface area contributed by atoms with E-state index in [1.165, 1.54) is 64.2 Å². The van der Waals surface area contributed by atoms with Crippen molar-refractivity contribution in [3.8, 4) is 0 Å².